The molecule has 12 heavy (non-hydrogen) atoms. The highest BCUT2D eigenvalue weighted by atomic mass is 16.1. The van der Waals surface area contributed by atoms with Crippen LogP contribution >= 0.6 is 0 Å². The Kier molecular flexibility index (Phi) is 3.09. The summed E-state index contributed by atoms with van der Waals surface area (Å²) in [6.07, 6.45) is 8.07. The second-order valence-corrected chi connectivity index (χ2v) is 3.14. The van der Waals surface area contributed by atoms with Crippen molar-refractivity contribution in [2.24, 2.45) is 5.73 Å². The molecule has 2 heteroatoms. The zero-order chi connectivity index (χ0) is 8.97. The minimum Gasteiger partial charge on any atom is -0.401 e. The third-order valence-electron chi connectivity index (χ3n) is 2.08. The van der Waals surface area contributed by atoms with E-state index >= 15 is 0 Å². The highest BCUT2D eigenvalue weighted by Gasteiger charge is 2.06. The molecular weight excluding hydrogens is 150 g/mol. The Labute approximate surface area is 73.1 Å². The van der Waals surface area contributed by atoms with Crippen LogP contribution < -0.4 is 5.73 Å². The number of allylic oxidation sites excluding steroid dienone is 4. The average molecular weight is 165 g/mol. The van der Waals surface area contributed by atoms with Gasteiger partial charge in [-0.3, -0.25) is 4.79 Å². The van der Waals surface area contributed by atoms with Crippen LogP contribution in [0.5, 0.6) is 0 Å². The predicted molar refractivity (Wildman–Crippen MR) is 49.5 cm³/mol. The van der Waals surface area contributed by atoms with Crippen molar-refractivity contribution in [1.29, 1.82) is 0 Å². The standard InChI is InChI=1S/C10H15NO/c1-8(12)9-6-4-2-3-5-7-10(9)11/h4,6H,2-3,5,7,11H2,1H3. The molecule has 0 saturated heterocycles. The summed E-state index contributed by atoms with van der Waals surface area (Å²) in [6, 6.07) is 0. The first-order valence-corrected chi connectivity index (χ1v) is 4.38. The minimum absolute atomic E-state index is 0.0747. The zero-order valence-corrected chi connectivity index (χ0v) is 7.47. The van der Waals surface area contributed by atoms with Crippen molar-refractivity contribution in [1.82, 2.24) is 0 Å². The first-order chi connectivity index (χ1) is 5.72. The normalized spacial score (nSPS) is 18.8. The molecule has 0 aromatic heterocycles. The summed E-state index contributed by atoms with van der Waals surface area (Å²) < 4.78 is 0. The van der Waals surface area contributed by atoms with E-state index in [-0.39, 0.29) is 5.78 Å². The van der Waals surface area contributed by atoms with E-state index in [1.807, 2.05) is 12.2 Å². The van der Waals surface area contributed by atoms with Crippen molar-refractivity contribution in [3.63, 3.8) is 0 Å². The van der Waals surface area contributed by atoms with Crippen molar-refractivity contribution < 1.29 is 4.79 Å². The molecule has 0 aliphatic heterocycles. The molecule has 66 valence electrons. The van der Waals surface area contributed by atoms with Gasteiger partial charge in [0.1, 0.15) is 0 Å². The predicted octanol–water partition coefficient (Wildman–Crippen LogP) is 1.92. The molecule has 0 aromatic carbocycles. The molecule has 1 aliphatic carbocycles. The van der Waals surface area contributed by atoms with Crippen molar-refractivity contribution in [2.75, 3.05) is 0 Å². The Balaban J connectivity index is 2.87. The van der Waals surface area contributed by atoms with Gasteiger partial charge in [-0.1, -0.05) is 12.2 Å². The first kappa shape index (κ1) is 9.04. The molecule has 0 radical (unpaired) electrons. The van der Waals surface area contributed by atoms with Crippen molar-refractivity contribution in [3.05, 3.63) is 23.4 Å². The number of carbonyl (C=O) groups is 1. The Hall–Kier alpha value is -1.05. The lowest BCUT2D eigenvalue weighted by Gasteiger charge is -2.08. The van der Waals surface area contributed by atoms with Crippen LogP contribution in [0.25, 0.3) is 0 Å². The SMILES string of the molecule is CC(=O)C1=C(N)CCCCC=C1. The highest BCUT2D eigenvalue weighted by molar-refractivity contribution is 5.96. The molecule has 0 atom stereocenters. The maximum Gasteiger partial charge on any atom is 0.161 e. The van der Waals surface area contributed by atoms with Gasteiger partial charge in [0.05, 0.1) is 0 Å². The van der Waals surface area contributed by atoms with Crippen LogP contribution in [-0.2, 0) is 4.79 Å². The van der Waals surface area contributed by atoms with Crippen LogP contribution in [0.4, 0.5) is 0 Å². The maximum absolute atomic E-state index is 11.1. The molecule has 0 bridgehead atoms. The first-order valence-electron chi connectivity index (χ1n) is 4.38. The minimum atomic E-state index is 0.0747. The summed E-state index contributed by atoms with van der Waals surface area (Å²) >= 11 is 0. The molecule has 0 saturated carbocycles. The summed E-state index contributed by atoms with van der Waals surface area (Å²) in [5, 5.41) is 0. The summed E-state index contributed by atoms with van der Waals surface area (Å²) in [5.41, 5.74) is 7.21. The number of hydrogen-bond donors (Lipinski definition) is 1. The summed E-state index contributed by atoms with van der Waals surface area (Å²) in [6.45, 7) is 1.56. The summed E-state index contributed by atoms with van der Waals surface area (Å²) in [7, 11) is 0. The molecule has 0 fully saturated rings. The Morgan fingerprint density at radius 3 is 2.92 bits per heavy atom. The molecule has 0 heterocycles. The van der Waals surface area contributed by atoms with Crippen LogP contribution in [0.3, 0.4) is 0 Å². The quantitative estimate of drug-likeness (QED) is 0.645. The van der Waals surface area contributed by atoms with Crippen LogP contribution in [0.15, 0.2) is 23.4 Å². The molecule has 0 spiro atoms. The Morgan fingerprint density at radius 2 is 2.25 bits per heavy atom. The molecule has 1 aliphatic rings. The highest BCUT2D eigenvalue weighted by Crippen LogP contribution is 2.15. The van der Waals surface area contributed by atoms with Gasteiger partial charge >= 0.3 is 0 Å². The fourth-order valence-electron chi connectivity index (χ4n) is 1.36. The van der Waals surface area contributed by atoms with Crippen molar-refractivity contribution in [3.8, 4) is 0 Å². The molecule has 0 aromatic rings. The lowest BCUT2D eigenvalue weighted by molar-refractivity contribution is -0.113. The fraction of sp³-hybridized carbons (Fsp3) is 0.500. The molecule has 2 N–H and O–H groups in total. The van der Waals surface area contributed by atoms with E-state index in [2.05, 4.69) is 0 Å². The van der Waals surface area contributed by atoms with Gasteiger partial charge in [0.25, 0.3) is 0 Å². The van der Waals surface area contributed by atoms with Crippen molar-refractivity contribution >= 4 is 5.78 Å². The van der Waals surface area contributed by atoms with Crippen LogP contribution in [0.1, 0.15) is 32.6 Å². The Bertz CT molecular complexity index is 238. The fourth-order valence-corrected chi connectivity index (χ4v) is 1.36. The monoisotopic (exact) mass is 165 g/mol. The average Bonchev–Trinajstić information content (AvgIpc) is 1.96. The van der Waals surface area contributed by atoms with Crippen LogP contribution in [-0.4, -0.2) is 5.78 Å². The number of rotatable bonds is 1. The molecule has 1 rings (SSSR count). The summed E-state index contributed by atoms with van der Waals surface area (Å²) in [4.78, 5) is 11.1. The van der Waals surface area contributed by atoms with E-state index < -0.39 is 0 Å². The topological polar surface area (TPSA) is 43.1 Å². The van der Waals surface area contributed by atoms with Gasteiger partial charge in [-0.25, -0.2) is 0 Å². The van der Waals surface area contributed by atoms with E-state index in [1.54, 1.807) is 6.92 Å². The smallest absolute Gasteiger partial charge is 0.161 e. The van der Waals surface area contributed by atoms with Gasteiger partial charge in [-0.15, -0.1) is 0 Å². The van der Waals surface area contributed by atoms with Gasteiger partial charge in [-0.05, 0) is 32.6 Å². The van der Waals surface area contributed by atoms with Gasteiger partial charge in [0.2, 0.25) is 0 Å². The third kappa shape index (κ3) is 2.22. The molecular formula is C10H15NO. The zero-order valence-electron chi connectivity index (χ0n) is 7.47. The van der Waals surface area contributed by atoms with E-state index in [0.717, 1.165) is 25.0 Å². The molecule has 2 nitrogen and oxygen atoms in total. The van der Waals surface area contributed by atoms with Gasteiger partial charge in [0, 0.05) is 11.3 Å². The second kappa shape index (κ2) is 4.10. The van der Waals surface area contributed by atoms with Crippen molar-refractivity contribution in [2.45, 2.75) is 32.6 Å². The van der Waals surface area contributed by atoms with E-state index in [0.29, 0.717) is 5.57 Å². The number of ketones is 1. The molecule has 0 amide bonds. The lowest BCUT2D eigenvalue weighted by Crippen LogP contribution is -2.08. The number of Topliss-reactive ketones (excluding diaryl/α,β-unsaturated/α-hetero) is 1. The van der Waals surface area contributed by atoms with Gasteiger partial charge in [0.15, 0.2) is 5.78 Å². The third-order valence-corrected chi connectivity index (χ3v) is 2.08. The number of hydrogen-bond acceptors (Lipinski definition) is 2. The van der Waals surface area contributed by atoms with E-state index in [4.69, 9.17) is 5.73 Å². The maximum atomic E-state index is 11.1. The second-order valence-electron chi connectivity index (χ2n) is 3.14. The van der Waals surface area contributed by atoms with Gasteiger partial charge in [-0.2, -0.15) is 0 Å². The summed E-state index contributed by atoms with van der Waals surface area (Å²) in [5.74, 6) is 0.0747. The van der Waals surface area contributed by atoms with E-state index in [9.17, 15) is 4.79 Å². The number of carbonyl (C=O) groups excluding carboxylic acids is 1. The number of nitrogens with two attached hydrogens (primary N) is 1. The van der Waals surface area contributed by atoms with E-state index in [1.165, 1.54) is 6.42 Å². The van der Waals surface area contributed by atoms with Crippen LogP contribution in [0.2, 0.25) is 0 Å². The molecule has 0 unspecified atom stereocenters. The lowest BCUT2D eigenvalue weighted by atomic mass is 10.0. The van der Waals surface area contributed by atoms with Crippen LogP contribution in [0, 0.1) is 0 Å². The van der Waals surface area contributed by atoms with Gasteiger partial charge < -0.3 is 5.73 Å². The Morgan fingerprint density at radius 1 is 1.50 bits per heavy atom. The largest absolute Gasteiger partial charge is 0.401 e.